The van der Waals surface area contributed by atoms with Crippen molar-refractivity contribution in [1.29, 1.82) is 0 Å². The summed E-state index contributed by atoms with van der Waals surface area (Å²) >= 11 is 0. The van der Waals surface area contributed by atoms with Gasteiger partial charge in [-0.1, -0.05) is 80.3 Å². The summed E-state index contributed by atoms with van der Waals surface area (Å²) in [5.41, 5.74) is 4.28. The molecule has 0 heterocycles. The lowest BCUT2D eigenvalue weighted by Gasteiger charge is -2.15. The molecule has 1 heteroatoms. The summed E-state index contributed by atoms with van der Waals surface area (Å²) in [5, 5.41) is 0. The molecule has 0 nitrogen and oxygen atoms in total. The molecule has 0 aromatic heterocycles. The quantitative estimate of drug-likeness (QED) is 0.657. The van der Waals surface area contributed by atoms with E-state index < -0.39 is 8.07 Å². The molecule has 0 saturated heterocycles. The van der Waals surface area contributed by atoms with E-state index in [0.29, 0.717) is 0 Å². The predicted octanol–water partition coefficient (Wildman–Crippen LogP) is 5.16. The minimum Gasteiger partial charge on any atom is -0.0695 e. The number of hydrogen-bond acceptors (Lipinski definition) is 0. The highest BCUT2D eigenvalue weighted by Gasteiger charge is 2.12. The fourth-order valence-electron chi connectivity index (χ4n) is 2.17. The summed E-state index contributed by atoms with van der Waals surface area (Å²) in [4.78, 5) is 0. The lowest BCUT2D eigenvalue weighted by molar-refractivity contribution is 1.08. The Labute approximate surface area is 118 Å². The molecule has 0 fully saturated rings. The van der Waals surface area contributed by atoms with Crippen molar-refractivity contribution in [3.05, 3.63) is 71.3 Å². The minimum atomic E-state index is -0.915. The summed E-state index contributed by atoms with van der Waals surface area (Å²) in [6, 6.07) is 21.2. The maximum atomic E-state index is 2.44. The van der Waals surface area contributed by atoms with Gasteiger partial charge in [0, 0.05) is 8.07 Å². The summed E-state index contributed by atoms with van der Waals surface area (Å²) < 4.78 is 0. The van der Waals surface area contributed by atoms with E-state index in [0.717, 1.165) is 6.42 Å². The Morgan fingerprint density at radius 2 is 1.21 bits per heavy atom. The number of benzene rings is 2. The molecule has 0 aliphatic carbocycles. The first-order chi connectivity index (χ1) is 9.03. The predicted molar refractivity (Wildman–Crippen MR) is 87.5 cm³/mol. The van der Waals surface area contributed by atoms with Crippen molar-refractivity contribution >= 4 is 8.07 Å². The van der Waals surface area contributed by atoms with Crippen LogP contribution in [0.4, 0.5) is 0 Å². The van der Waals surface area contributed by atoms with Gasteiger partial charge in [0.25, 0.3) is 0 Å². The standard InChI is InChI=1S/C18H24Si/c1-19(2,3)14-13-16-9-11-18(12-10-16)15-17-7-5-4-6-8-17/h4-12H,13-15H2,1-3H3. The average molecular weight is 268 g/mol. The van der Waals surface area contributed by atoms with Gasteiger partial charge in [-0.15, -0.1) is 0 Å². The van der Waals surface area contributed by atoms with Crippen LogP contribution < -0.4 is 0 Å². The zero-order valence-electron chi connectivity index (χ0n) is 12.3. The third-order valence-corrected chi connectivity index (χ3v) is 5.19. The van der Waals surface area contributed by atoms with E-state index in [1.165, 1.54) is 29.2 Å². The van der Waals surface area contributed by atoms with Crippen LogP contribution in [0, 0.1) is 0 Å². The van der Waals surface area contributed by atoms with Gasteiger partial charge in [0.15, 0.2) is 0 Å². The molecular formula is C18H24Si. The largest absolute Gasteiger partial charge is 0.0695 e. The van der Waals surface area contributed by atoms with Gasteiger partial charge in [-0.05, 0) is 29.5 Å². The van der Waals surface area contributed by atoms with Crippen molar-refractivity contribution in [2.24, 2.45) is 0 Å². The van der Waals surface area contributed by atoms with Gasteiger partial charge < -0.3 is 0 Å². The molecule has 0 amide bonds. The molecule has 100 valence electrons. The van der Waals surface area contributed by atoms with Gasteiger partial charge in [0.1, 0.15) is 0 Å². The molecule has 0 N–H and O–H groups in total. The molecule has 0 unspecified atom stereocenters. The Morgan fingerprint density at radius 3 is 1.79 bits per heavy atom. The van der Waals surface area contributed by atoms with E-state index in [-0.39, 0.29) is 0 Å². The first-order valence-corrected chi connectivity index (χ1v) is 10.9. The van der Waals surface area contributed by atoms with E-state index in [9.17, 15) is 0 Å². The van der Waals surface area contributed by atoms with Crippen LogP contribution in [0.1, 0.15) is 16.7 Å². The second-order valence-corrected chi connectivity index (χ2v) is 12.2. The molecule has 0 aliphatic rings. The Hall–Kier alpha value is -1.34. The van der Waals surface area contributed by atoms with E-state index in [1.54, 1.807) is 0 Å². The van der Waals surface area contributed by atoms with Gasteiger partial charge in [0.2, 0.25) is 0 Å². The zero-order chi connectivity index (χ0) is 13.7. The van der Waals surface area contributed by atoms with Crippen molar-refractivity contribution < 1.29 is 0 Å². The Balaban J connectivity index is 1.95. The monoisotopic (exact) mass is 268 g/mol. The smallest absolute Gasteiger partial charge is 0.0445 e. The SMILES string of the molecule is C[Si](C)(C)CCc1ccc(Cc2ccccc2)cc1. The third kappa shape index (κ3) is 5.04. The van der Waals surface area contributed by atoms with Crippen molar-refractivity contribution in [3.8, 4) is 0 Å². The van der Waals surface area contributed by atoms with Crippen LogP contribution in [0.25, 0.3) is 0 Å². The highest BCUT2D eigenvalue weighted by atomic mass is 28.3. The highest BCUT2D eigenvalue weighted by molar-refractivity contribution is 6.76. The molecule has 19 heavy (non-hydrogen) atoms. The molecule has 0 spiro atoms. The van der Waals surface area contributed by atoms with Gasteiger partial charge in [-0.25, -0.2) is 0 Å². The van der Waals surface area contributed by atoms with Crippen LogP contribution in [0.2, 0.25) is 25.7 Å². The summed E-state index contributed by atoms with van der Waals surface area (Å²) in [5.74, 6) is 0. The number of rotatable bonds is 5. The molecule has 0 saturated carbocycles. The average Bonchev–Trinajstić information content (AvgIpc) is 2.38. The molecule has 0 bridgehead atoms. The van der Waals surface area contributed by atoms with Crippen molar-refractivity contribution in [3.63, 3.8) is 0 Å². The highest BCUT2D eigenvalue weighted by Crippen LogP contribution is 2.15. The Morgan fingerprint density at radius 1 is 0.684 bits per heavy atom. The van der Waals surface area contributed by atoms with Crippen LogP contribution in [-0.2, 0) is 12.8 Å². The summed E-state index contributed by atoms with van der Waals surface area (Å²) in [7, 11) is -0.915. The van der Waals surface area contributed by atoms with Gasteiger partial charge in [0.05, 0.1) is 0 Å². The minimum absolute atomic E-state index is 0.915. The summed E-state index contributed by atoms with van der Waals surface area (Å²) in [6.07, 6.45) is 2.27. The van der Waals surface area contributed by atoms with Gasteiger partial charge >= 0.3 is 0 Å². The zero-order valence-corrected chi connectivity index (χ0v) is 13.3. The van der Waals surface area contributed by atoms with E-state index in [4.69, 9.17) is 0 Å². The fourth-order valence-corrected chi connectivity index (χ4v) is 3.21. The fraction of sp³-hybridized carbons (Fsp3) is 0.333. The molecule has 2 aromatic rings. The van der Waals surface area contributed by atoms with Crippen molar-refractivity contribution in [2.45, 2.75) is 38.5 Å². The maximum absolute atomic E-state index is 2.44. The van der Waals surface area contributed by atoms with E-state index in [1.807, 2.05) is 0 Å². The molecule has 0 radical (unpaired) electrons. The lowest BCUT2D eigenvalue weighted by atomic mass is 10.0. The topological polar surface area (TPSA) is 0 Å². The van der Waals surface area contributed by atoms with Crippen LogP contribution in [0.5, 0.6) is 0 Å². The normalized spacial score (nSPS) is 11.5. The molecule has 2 rings (SSSR count). The van der Waals surface area contributed by atoms with Crippen LogP contribution >= 0.6 is 0 Å². The molecule has 0 aliphatic heterocycles. The third-order valence-electron chi connectivity index (χ3n) is 3.44. The van der Waals surface area contributed by atoms with Crippen molar-refractivity contribution in [2.75, 3.05) is 0 Å². The van der Waals surface area contributed by atoms with Gasteiger partial charge in [-0.2, -0.15) is 0 Å². The molecule has 2 aromatic carbocycles. The Kier molecular flexibility index (Phi) is 4.59. The van der Waals surface area contributed by atoms with E-state index >= 15 is 0 Å². The van der Waals surface area contributed by atoms with Crippen LogP contribution in [0.15, 0.2) is 54.6 Å². The van der Waals surface area contributed by atoms with E-state index in [2.05, 4.69) is 74.2 Å². The first kappa shape index (κ1) is 14.1. The molecular weight excluding hydrogens is 244 g/mol. The van der Waals surface area contributed by atoms with Crippen LogP contribution in [-0.4, -0.2) is 8.07 Å². The lowest BCUT2D eigenvalue weighted by Crippen LogP contribution is -2.19. The van der Waals surface area contributed by atoms with Crippen molar-refractivity contribution in [1.82, 2.24) is 0 Å². The first-order valence-electron chi connectivity index (χ1n) is 7.15. The number of hydrogen-bond donors (Lipinski definition) is 0. The second-order valence-electron chi connectivity index (χ2n) is 6.54. The number of aryl methyl sites for hydroxylation is 1. The maximum Gasteiger partial charge on any atom is 0.0445 e. The van der Waals surface area contributed by atoms with Crippen LogP contribution in [0.3, 0.4) is 0 Å². The second kappa shape index (κ2) is 6.20. The summed E-state index contributed by atoms with van der Waals surface area (Å²) in [6.45, 7) is 7.32. The van der Waals surface area contributed by atoms with Gasteiger partial charge in [-0.3, -0.25) is 0 Å². The Bertz CT molecular complexity index is 491. The molecule has 0 atom stereocenters.